The van der Waals surface area contributed by atoms with E-state index in [-0.39, 0.29) is 12.8 Å². The molecule has 6 N–H and O–H groups in total. The van der Waals surface area contributed by atoms with Crippen molar-refractivity contribution in [3.8, 4) is 0 Å². The summed E-state index contributed by atoms with van der Waals surface area (Å²) in [5.41, 5.74) is 0.934. The van der Waals surface area contributed by atoms with E-state index in [2.05, 4.69) is 10.6 Å². The van der Waals surface area contributed by atoms with Crippen LogP contribution >= 0.6 is 0 Å². The Morgan fingerprint density at radius 1 is 1.22 bits per heavy atom. The third kappa shape index (κ3) is 6.24. The molecule has 0 bridgehead atoms. The van der Waals surface area contributed by atoms with Gasteiger partial charge in [-0.15, -0.1) is 0 Å². The largest absolute Gasteiger partial charge is 0.477 e. The first-order valence-corrected chi connectivity index (χ1v) is 10.2. The summed E-state index contributed by atoms with van der Waals surface area (Å²) in [5.74, 6) is -4.71. The van der Waals surface area contributed by atoms with Gasteiger partial charge < -0.3 is 40.5 Å². The van der Waals surface area contributed by atoms with Crippen molar-refractivity contribution in [3.05, 3.63) is 35.9 Å². The zero-order valence-corrected chi connectivity index (χ0v) is 17.9. The van der Waals surface area contributed by atoms with Gasteiger partial charge in [0.1, 0.15) is 18.3 Å². The number of carbonyl (C=O) groups is 3. The lowest BCUT2D eigenvalue weighted by Crippen LogP contribution is -2.70. The van der Waals surface area contributed by atoms with E-state index >= 15 is 0 Å². The standard InChI is InChI=1S/C21H30N2O9/c1-12(25)22-17-14(23-16(27)9-8-13-6-4-3-5-7-13)10-21(31-2,20(29)30)32-19(17)18(28)15(26)11-24/h3-7,14-15,17-19,24,26,28H,8-11H2,1-2H3,(H,22,25)(H,23,27)(H,29,30)/t14-,15+,17+,18+,19+,21+/m0/s1. The Kier molecular flexibility index (Phi) is 9.10. The van der Waals surface area contributed by atoms with Crippen LogP contribution in [0.3, 0.4) is 0 Å². The molecule has 0 radical (unpaired) electrons. The minimum Gasteiger partial charge on any atom is -0.477 e. The number of aliphatic hydroxyl groups is 3. The van der Waals surface area contributed by atoms with E-state index < -0.39 is 60.6 Å². The van der Waals surface area contributed by atoms with Crippen LogP contribution in [0.2, 0.25) is 0 Å². The van der Waals surface area contributed by atoms with Gasteiger partial charge in [-0.2, -0.15) is 0 Å². The Balaban J connectivity index is 2.29. The molecule has 1 aliphatic heterocycles. The third-order valence-corrected chi connectivity index (χ3v) is 5.38. The van der Waals surface area contributed by atoms with Crippen molar-refractivity contribution in [2.24, 2.45) is 0 Å². The molecule has 0 aliphatic carbocycles. The normalized spacial score (nSPS) is 27.2. The van der Waals surface area contributed by atoms with E-state index in [1.54, 1.807) is 0 Å². The monoisotopic (exact) mass is 454 g/mol. The van der Waals surface area contributed by atoms with E-state index in [0.717, 1.165) is 12.7 Å². The minimum atomic E-state index is -2.26. The van der Waals surface area contributed by atoms with Gasteiger partial charge >= 0.3 is 5.97 Å². The van der Waals surface area contributed by atoms with Gasteiger partial charge in [0.15, 0.2) is 0 Å². The van der Waals surface area contributed by atoms with E-state index in [1.807, 2.05) is 30.3 Å². The molecule has 178 valence electrons. The van der Waals surface area contributed by atoms with Crippen molar-refractivity contribution in [1.29, 1.82) is 0 Å². The van der Waals surface area contributed by atoms with Crippen molar-refractivity contribution in [3.63, 3.8) is 0 Å². The predicted molar refractivity (Wildman–Crippen MR) is 110 cm³/mol. The van der Waals surface area contributed by atoms with Gasteiger partial charge in [-0.05, 0) is 12.0 Å². The first kappa shape index (κ1) is 25.7. The van der Waals surface area contributed by atoms with E-state index in [9.17, 15) is 34.8 Å². The summed E-state index contributed by atoms with van der Waals surface area (Å²) >= 11 is 0. The molecule has 0 saturated carbocycles. The van der Waals surface area contributed by atoms with Crippen LogP contribution in [0.25, 0.3) is 0 Å². The second kappa shape index (κ2) is 11.3. The summed E-state index contributed by atoms with van der Waals surface area (Å²) in [6.07, 6.45) is -4.83. The molecule has 1 saturated heterocycles. The fraction of sp³-hybridized carbons (Fsp3) is 0.571. The predicted octanol–water partition coefficient (Wildman–Crippen LogP) is -1.46. The number of rotatable bonds is 10. The molecular formula is C21H30N2O9. The topological polar surface area (TPSA) is 175 Å². The van der Waals surface area contributed by atoms with Gasteiger partial charge in [0.25, 0.3) is 5.79 Å². The second-order valence-corrected chi connectivity index (χ2v) is 7.68. The number of hydrogen-bond acceptors (Lipinski definition) is 8. The maximum absolute atomic E-state index is 12.6. The van der Waals surface area contributed by atoms with Crippen molar-refractivity contribution >= 4 is 17.8 Å². The quantitative estimate of drug-likeness (QED) is 0.247. The van der Waals surface area contributed by atoms with Crippen LogP contribution < -0.4 is 10.6 Å². The van der Waals surface area contributed by atoms with Crippen LogP contribution in [0.15, 0.2) is 30.3 Å². The van der Waals surface area contributed by atoms with Crippen molar-refractivity contribution < 1.29 is 44.3 Å². The Labute approximate surface area is 185 Å². The SMILES string of the molecule is CO[C@]1(C(=O)O)C[C@H](NC(=O)CCc2ccccc2)[C@@H](NC(C)=O)[C@H]([C@H](O)[C@H](O)CO)O1. The van der Waals surface area contributed by atoms with Gasteiger partial charge in [-0.3, -0.25) is 9.59 Å². The molecule has 11 heteroatoms. The molecule has 32 heavy (non-hydrogen) atoms. The molecule has 2 amide bonds. The summed E-state index contributed by atoms with van der Waals surface area (Å²) in [6.45, 7) is 0.366. The summed E-state index contributed by atoms with van der Waals surface area (Å²) in [5, 5.41) is 44.6. The summed E-state index contributed by atoms with van der Waals surface area (Å²) in [7, 11) is 1.09. The molecule has 0 unspecified atom stereocenters. The number of aliphatic hydroxyl groups excluding tert-OH is 3. The Morgan fingerprint density at radius 3 is 2.41 bits per heavy atom. The van der Waals surface area contributed by atoms with Crippen molar-refractivity contribution in [2.45, 2.75) is 62.4 Å². The lowest BCUT2D eigenvalue weighted by molar-refractivity contribution is -0.293. The number of nitrogens with one attached hydrogen (secondary N) is 2. The molecule has 11 nitrogen and oxygen atoms in total. The average molecular weight is 454 g/mol. The van der Waals surface area contributed by atoms with Crippen LogP contribution in [0.1, 0.15) is 25.3 Å². The molecule has 6 atom stereocenters. The fourth-order valence-corrected chi connectivity index (χ4v) is 3.69. The number of amides is 2. The van der Waals surface area contributed by atoms with Crippen LogP contribution in [-0.4, -0.2) is 88.1 Å². The molecule has 1 aliphatic rings. The number of carboxylic acid groups (broad SMARTS) is 1. The molecule has 0 spiro atoms. The van der Waals surface area contributed by atoms with Crippen LogP contribution in [-0.2, 0) is 30.3 Å². The van der Waals surface area contributed by atoms with Crippen LogP contribution in [0, 0.1) is 0 Å². The molecular weight excluding hydrogens is 424 g/mol. The van der Waals surface area contributed by atoms with Gasteiger partial charge in [-0.1, -0.05) is 30.3 Å². The number of carbonyl (C=O) groups excluding carboxylic acids is 2. The Bertz CT molecular complexity index is 791. The molecule has 1 heterocycles. The number of ether oxygens (including phenoxy) is 2. The molecule has 1 aromatic carbocycles. The summed E-state index contributed by atoms with van der Waals surface area (Å²) in [6, 6.07) is 7.15. The number of carboxylic acids is 1. The lowest BCUT2D eigenvalue weighted by Gasteiger charge is -2.47. The molecule has 2 rings (SSSR count). The Morgan fingerprint density at radius 2 is 1.88 bits per heavy atom. The Hall–Kier alpha value is -2.57. The fourth-order valence-electron chi connectivity index (χ4n) is 3.69. The molecule has 1 fully saturated rings. The first-order valence-electron chi connectivity index (χ1n) is 10.2. The van der Waals surface area contributed by atoms with E-state index in [4.69, 9.17) is 9.47 Å². The minimum absolute atomic E-state index is 0.0910. The van der Waals surface area contributed by atoms with Gasteiger partial charge in [-0.25, -0.2) is 4.79 Å². The number of aliphatic carboxylic acids is 1. The van der Waals surface area contributed by atoms with Gasteiger partial charge in [0.05, 0.1) is 18.7 Å². The summed E-state index contributed by atoms with van der Waals surface area (Å²) < 4.78 is 10.6. The molecule has 1 aromatic rings. The average Bonchev–Trinajstić information content (AvgIpc) is 2.77. The van der Waals surface area contributed by atoms with Gasteiger partial charge in [0, 0.05) is 26.9 Å². The van der Waals surface area contributed by atoms with Crippen molar-refractivity contribution in [2.75, 3.05) is 13.7 Å². The lowest BCUT2D eigenvalue weighted by atomic mass is 9.86. The van der Waals surface area contributed by atoms with E-state index in [1.165, 1.54) is 6.92 Å². The highest BCUT2D eigenvalue weighted by Gasteiger charge is 2.55. The smallest absolute Gasteiger partial charge is 0.364 e. The highest BCUT2D eigenvalue weighted by Crippen LogP contribution is 2.33. The summed E-state index contributed by atoms with van der Waals surface area (Å²) in [4.78, 5) is 36.4. The number of hydrogen-bond donors (Lipinski definition) is 6. The first-order chi connectivity index (χ1) is 15.1. The highest BCUT2D eigenvalue weighted by molar-refractivity contribution is 5.79. The van der Waals surface area contributed by atoms with Crippen molar-refractivity contribution in [1.82, 2.24) is 10.6 Å². The number of benzene rings is 1. The van der Waals surface area contributed by atoms with Gasteiger partial charge in [0.2, 0.25) is 11.8 Å². The maximum atomic E-state index is 12.6. The zero-order chi connectivity index (χ0) is 23.9. The third-order valence-electron chi connectivity index (χ3n) is 5.38. The second-order valence-electron chi connectivity index (χ2n) is 7.68. The van der Waals surface area contributed by atoms with Crippen LogP contribution in [0.4, 0.5) is 0 Å². The van der Waals surface area contributed by atoms with Crippen LogP contribution in [0.5, 0.6) is 0 Å². The van der Waals surface area contributed by atoms with E-state index in [0.29, 0.717) is 6.42 Å². The number of aryl methyl sites for hydroxylation is 1. The molecule has 0 aromatic heterocycles. The number of methoxy groups -OCH3 is 1. The highest BCUT2D eigenvalue weighted by atomic mass is 16.7. The maximum Gasteiger partial charge on any atom is 0.364 e. The zero-order valence-electron chi connectivity index (χ0n) is 17.9.